The number of nitrogens with zero attached hydrogens (tertiary/aromatic N) is 1. The molecule has 0 saturated carbocycles. The van der Waals surface area contributed by atoms with E-state index in [1.807, 2.05) is 21.0 Å². The molecule has 0 bridgehead atoms. The number of nitrogens with two attached hydrogens (primary N) is 1. The van der Waals surface area contributed by atoms with Gasteiger partial charge in [0.2, 0.25) is 0 Å². The number of hydrogen-bond donors (Lipinski definition) is 1. The predicted octanol–water partition coefficient (Wildman–Crippen LogP) is 0.321. The number of ether oxygens (including phenoxy) is 1. The molecule has 0 fully saturated rings. The molecular weight excluding hydrogens is 168 g/mol. The first kappa shape index (κ1) is 12.4. The van der Waals surface area contributed by atoms with Gasteiger partial charge in [-0.15, -0.1) is 0 Å². The van der Waals surface area contributed by atoms with Crippen molar-refractivity contribution in [3.63, 3.8) is 0 Å². The van der Waals surface area contributed by atoms with Gasteiger partial charge in [0.1, 0.15) is 6.17 Å². The number of carbonyl (C=O) groups is 1. The summed E-state index contributed by atoms with van der Waals surface area (Å²) < 4.78 is 5.34. The molecule has 0 aliphatic rings. The van der Waals surface area contributed by atoms with Crippen LogP contribution in [0, 0.1) is 0 Å². The highest BCUT2D eigenvalue weighted by molar-refractivity contribution is 5.70. The van der Waals surface area contributed by atoms with E-state index in [1.165, 1.54) is 0 Å². The first-order valence-corrected chi connectivity index (χ1v) is 4.68. The van der Waals surface area contributed by atoms with Crippen molar-refractivity contribution in [2.75, 3.05) is 27.2 Å². The Balaban J connectivity index is 4.08. The topological polar surface area (TPSA) is 52.3 Å². The minimum Gasteiger partial charge on any atom is -0.462 e. The molecule has 0 amide bonds. The second-order valence-corrected chi connectivity index (χ2v) is 3.72. The van der Waals surface area contributed by atoms with E-state index in [2.05, 4.69) is 0 Å². The monoisotopic (exact) mass is 189 g/mol. The van der Waals surface area contributed by atoms with Gasteiger partial charge in [0.25, 0.3) is 0 Å². The van der Waals surface area contributed by atoms with E-state index in [0.29, 0.717) is 17.6 Å². The van der Waals surface area contributed by atoms with Crippen molar-refractivity contribution in [1.82, 2.24) is 0 Å². The van der Waals surface area contributed by atoms with Crippen LogP contribution in [0.5, 0.6) is 0 Å². The molecule has 2 N–H and O–H groups in total. The first-order valence-electron chi connectivity index (χ1n) is 4.68. The van der Waals surface area contributed by atoms with Gasteiger partial charge in [-0.1, -0.05) is 6.92 Å². The Bertz CT molecular complexity index is 169. The van der Waals surface area contributed by atoms with Gasteiger partial charge in [0, 0.05) is 6.42 Å². The first-order chi connectivity index (χ1) is 5.94. The Labute approximate surface area is 80.2 Å². The fourth-order valence-corrected chi connectivity index (χ4v) is 1.15. The third-order valence-corrected chi connectivity index (χ3v) is 2.16. The van der Waals surface area contributed by atoms with Crippen LogP contribution in [0.1, 0.15) is 20.3 Å². The third-order valence-electron chi connectivity index (χ3n) is 2.16. The Kier molecular flexibility index (Phi) is 4.95. The van der Waals surface area contributed by atoms with E-state index >= 15 is 0 Å². The maximum absolute atomic E-state index is 11.2. The predicted molar refractivity (Wildman–Crippen MR) is 51.9 cm³/mol. The fourth-order valence-electron chi connectivity index (χ4n) is 1.15. The van der Waals surface area contributed by atoms with Crippen LogP contribution in [0.4, 0.5) is 0 Å². The van der Waals surface area contributed by atoms with E-state index in [-0.39, 0.29) is 12.1 Å². The molecule has 78 valence electrons. The van der Waals surface area contributed by atoms with Gasteiger partial charge >= 0.3 is 5.97 Å². The van der Waals surface area contributed by atoms with Crippen molar-refractivity contribution in [3.8, 4) is 0 Å². The van der Waals surface area contributed by atoms with Crippen LogP contribution < -0.4 is 5.73 Å². The van der Waals surface area contributed by atoms with E-state index in [1.54, 1.807) is 6.92 Å². The van der Waals surface area contributed by atoms with Crippen molar-refractivity contribution in [2.24, 2.45) is 5.73 Å². The molecule has 0 heterocycles. The average molecular weight is 189 g/mol. The molecule has 0 rings (SSSR count). The summed E-state index contributed by atoms with van der Waals surface area (Å²) in [6.07, 6.45) is 0.844. The van der Waals surface area contributed by atoms with E-state index in [0.717, 1.165) is 6.42 Å². The minimum atomic E-state index is -0.184. The summed E-state index contributed by atoms with van der Waals surface area (Å²) >= 11 is 0. The van der Waals surface area contributed by atoms with E-state index in [4.69, 9.17) is 10.5 Å². The molecule has 0 aromatic rings. The molecular formula is C9H21N2O2+. The quantitative estimate of drug-likeness (QED) is 0.385. The number of esters is 1. The van der Waals surface area contributed by atoms with Crippen LogP contribution in [-0.4, -0.2) is 43.9 Å². The molecule has 0 spiro atoms. The van der Waals surface area contributed by atoms with Crippen molar-refractivity contribution < 1.29 is 14.0 Å². The number of rotatable bonds is 5. The lowest BCUT2D eigenvalue weighted by Gasteiger charge is -2.33. The van der Waals surface area contributed by atoms with Gasteiger partial charge in [0.15, 0.2) is 6.54 Å². The van der Waals surface area contributed by atoms with Crippen LogP contribution in [0.3, 0.4) is 0 Å². The lowest BCUT2D eigenvalue weighted by molar-refractivity contribution is -0.908. The molecule has 0 aromatic carbocycles. The fraction of sp³-hybridized carbons (Fsp3) is 0.889. The van der Waals surface area contributed by atoms with Gasteiger partial charge in [-0.3, -0.25) is 5.73 Å². The minimum absolute atomic E-state index is 0.00981. The summed E-state index contributed by atoms with van der Waals surface area (Å²) in [5.41, 5.74) is 5.86. The van der Waals surface area contributed by atoms with Gasteiger partial charge in [-0.2, -0.15) is 0 Å². The zero-order chi connectivity index (χ0) is 10.5. The maximum atomic E-state index is 11.2. The lowest BCUT2D eigenvalue weighted by atomic mass is 10.3. The maximum Gasteiger partial charge on any atom is 0.361 e. The van der Waals surface area contributed by atoms with Crippen LogP contribution in [-0.2, 0) is 9.53 Å². The van der Waals surface area contributed by atoms with Crippen LogP contribution >= 0.6 is 0 Å². The number of hydrogen-bond acceptors (Lipinski definition) is 3. The van der Waals surface area contributed by atoms with Crippen molar-refractivity contribution in [2.45, 2.75) is 26.4 Å². The zero-order valence-electron chi connectivity index (χ0n) is 9.04. The Morgan fingerprint density at radius 1 is 1.46 bits per heavy atom. The second-order valence-electron chi connectivity index (χ2n) is 3.72. The van der Waals surface area contributed by atoms with Gasteiger partial charge < -0.3 is 9.22 Å². The summed E-state index contributed by atoms with van der Waals surface area (Å²) in [5, 5.41) is 0. The van der Waals surface area contributed by atoms with Crippen LogP contribution in [0.25, 0.3) is 0 Å². The molecule has 0 aromatic heterocycles. The SMILES string of the molecule is CCOC(=O)C[N+](C)(C)C(N)CC. The van der Waals surface area contributed by atoms with Crippen molar-refractivity contribution in [3.05, 3.63) is 0 Å². The summed E-state index contributed by atoms with van der Waals surface area (Å²) in [6, 6.07) is 0. The van der Waals surface area contributed by atoms with Crippen molar-refractivity contribution >= 4 is 5.97 Å². The number of likely N-dealkylation sites (N-methyl/N-ethyl adjacent to an activating group) is 1. The third kappa shape index (κ3) is 4.24. The average Bonchev–Trinajstić information content (AvgIpc) is 2.02. The molecule has 4 heteroatoms. The molecule has 0 aliphatic carbocycles. The smallest absolute Gasteiger partial charge is 0.361 e. The highest BCUT2D eigenvalue weighted by Gasteiger charge is 2.26. The molecule has 0 saturated heterocycles. The number of quaternary nitrogens is 1. The van der Waals surface area contributed by atoms with Crippen LogP contribution in [0.15, 0.2) is 0 Å². The lowest BCUT2D eigenvalue weighted by Crippen LogP contribution is -2.56. The number of carbonyl (C=O) groups excluding carboxylic acids is 1. The standard InChI is InChI=1S/C9H21N2O2/c1-5-8(10)11(3,4)7-9(12)13-6-2/h8H,5-7,10H2,1-4H3/q+1. The molecule has 1 unspecified atom stereocenters. The second kappa shape index (κ2) is 5.19. The van der Waals surface area contributed by atoms with E-state index in [9.17, 15) is 4.79 Å². The van der Waals surface area contributed by atoms with Crippen LogP contribution in [0.2, 0.25) is 0 Å². The van der Waals surface area contributed by atoms with Gasteiger partial charge in [0.05, 0.1) is 20.7 Å². The largest absolute Gasteiger partial charge is 0.462 e. The summed E-state index contributed by atoms with van der Waals surface area (Å²) in [5.74, 6) is -0.184. The van der Waals surface area contributed by atoms with E-state index < -0.39 is 0 Å². The summed E-state index contributed by atoms with van der Waals surface area (Å²) in [7, 11) is 3.87. The molecule has 0 radical (unpaired) electrons. The summed E-state index contributed by atoms with van der Waals surface area (Å²) in [6.45, 7) is 4.58. The highest BCUT2D eigenvalue weighted by atomic mass is 16.5. The highest BCUT2D eigenvalue weighted by Crippen LogP contribution is 2.05. The molecule has 4 nitrogen and oxygen atoms in total. The van der Waals surface area contributed by atoms with Gasteiger partial charge in [-0.05, 0) is 6.92 Å². The molecule has 13 heavy (non-hydrogen) atoms. The Morgan fingerprint density at radius 2 is 2.00 bits per heavy atom. The Hall–Kier alpha value is -0.610. The summed E-state index contributed by atoms with van der Waals surface area (Å²) in [4.78, 5) is 11.2. The van der Waals surface area contributed by atoms with Crippen molar-refractivity contribution in [1.29, 1.82) is 0 Å². The molecule has 1 atom stereocenters. The zero-order valence-corrected chi connectivity index (χ0v) is 9.04. The Morgan fingerprint density at radius 3 is 2.38 bits per heavy atom. The van der Waals surface area contributed by atoms with Gasteiger partial charge in [-0.25, -0.2) is 4.79 Å². The molecule has 0 aliphatic heterocycles. The normalized spacial score (nSPS) is 13.9.